The molecular weight excluding hydrogens is 260 g/mol. The van der Waals surface area contributed by atoms with Crippen molar-refractivity contribution in [3.63, 3.8) is 0 Å². The first-order valence-electron chi connectivity index (χ1n) is 8.31. The van der Waals surface area contributed by atoms with Gasteiger partial charge in [-0.05, 0) is 38.2 Å². The Bertz CT molecular complexity index is 444. The molecule has 2 atom stereocenters. The van der Waals surface area contributed by atoms with E-state index in [1.165, 1.54) is 18.4 Å². The fourth-order valence-electron chi connectivity index (χ4n) is 3.86. The lowest BCUT2D eigenvalue weighted by molar-refractivity contribution is 0.0134. The van der Waals surface area contributed by atoms with E-state index in [4.69, 9.17) is 4.74 Å². The summed E-state index contributed by atoms with van der Waals surface area (Å²) in [5.74, 6) is 0.789. The molecule has 0 saturated carbocycles. The van der Waals surface area contributed by atoms with E-state index in [1.54, 1.807) is 0 Å². The minimum absolute atomic E-state index is 0.0684. The molecule has 1 aromatic rings. The second-order valence-electron chi connectivity index (χ2n) is 6.79. The third-order valence-corrected chi connectivity index (χ3v) is 5.37. The van der Waals surface area contributed by atoms with Gasteiger partial charge in [0.1, 0.15) is 0 Å². The van der Waals surface area contributed by atoms with Crippen LogP contribution >= 0.6 is 0 Å². The maximum Gasteiger partial charge on any atom is 0.0535 e. The summed E-state index contributed by atoms with van der Waals surface area (Å²) in [6, 6.07) is 11.5. The lowest BCUT2D eigenvalue weighted by atomic mass is 9.86. The molecule has 3 rings (SSSR count). The smallest absolute Gasteiger partial charge is 0.0535 e. The minimum Gasteiger partial charge on any atom is -0.381 e. The molecule has 0 spiro atoms. The standard InChI is InChI=1S/C18H28N2O/c1-15(16-8-12-21-13-9-16)20-11-10-19-18(2,14-20)17-6-4-3-5-7-17/h3-7,15-16,19H,8-14H2,1-2H3. The molecule has 0 aromatic heterocycles. The first-order valence-corrected chi connectivity index (χ1v) is 8.31. The number of piperazine rings is 1. The predicted octanol–water partition coefficient (Wildman–Crippen LogP) is 2.62. The molecule has 3 heteroatoms. The van der Waals surface area contributed by atoms with Gasteiger partial charge in [0.25, 0.3) is 0 Å². The molecular formula is C18H28N2O. The maximum absolute atomic E-state index is 5.52. The van der Waals surface area contributed by atoms with Gasteiger partial charge in [0.2, 0.25) is 0 Å². The Morgan fingerprint density at radius 3 is 2.67 bits per heavy atom. The van der Waals surface area contributed by atoms with E-state index in [0.717, 1.165) is 38.8 Å². The van der Waals surface area contributed by atoms with Crippen LogP contribution < -0.4 is 5.32 Å². The third kappa shape index (κ3) is 3.31. The van der Waals surface area contributed by atoms with Crippen LogP contribution in [-0.4, -0.2) is 43.8 Å². The third-order valence-electron chi connectivity index (χ3n) is 5.37. The average molecular weight is 288 g/mol. The van der Waals surface area contributed by atoms with Crippen LogP contribution in [0.2, 0.25) is 0 Å². The van der Waals surface area contributed by atoms with Gasteiger partial charge in [-0.3, -0.25) is 4.90 Å². The van der Waals surface area contributed by atoms with Gasteiger partial charge in [0, 0.05) is 38.9 Å². The number of benzene rings is 1. The van der Waals surface area contributed by atoms with Gasteiger partial charge in [0.15, 0.2) is 0 Å². The van der Waals surface area contributed by atoms with E-state index < -0.39 is 0 Å². The quantitative estimate of drug-likeness (QED) is 0.925. The lowest BCUT2D eigenvalue weighted by Gasteiger charge is -2.46. The topological polar surface area (TPSA) is 24.5 Å². The molecule has 2 saturated heterocycles. The molecule has 3 nitrogen and oxygen atoms in total. The van der Waals surface area contributed by atoms with Crippen LogP contribution in [0.3, 0.4) is 0 Å². The maximum atomic E-state index is 5.52. The zero-order chi connectivity index (χ0) is 14.7. The van der Waals surface area contributed by atoms with E-state index in [2.05, 4.69) is 54.4 Å². The van der Waals surface area contributed by atoms with Gasteiger partial charge in [0.05, 0.1) is 5.54 Å². The fourth-order valence-corrected chi connectivity index (χ4v) is 3.86. The van der Waals surface area contributed by atoms with E-state index in [1.807, 2.05) is 0 Å². The molecule has 2 aliphatic rings. The highest BCUT2D eigenvalue weighted by Crippen LogP contribution is 2.29. The Kier molecular flexibility index (Phi) is 4.63. The summed E-state index contributed by atoms with van der Waals surface area (Å²) in [5.41, 5.74) is 1.47. The number of nitrogens with zero attached hydrogens (tertiary/aromatic N) is 1. The van der Waals surface area contributed by atoms with Crippen LogP contribution in [0.5, 0.6) is 0 Å². The summed E-state index contributed by atoms with van der Waals surface area (Å²) >= 11 is 0. The van der Waals surface area contributed by atoms with E-state index >= 15 is 0 Å². The SMILES string of the molecule is CC(C1CCOCC1)N1CCNC(C)(c2ccccc2)C1. The van der Waals surface area contributed by atoms with E-state index in [0.29, 0.717) is 6.04 Å². The second kappa shape index (κ2) is 6.47. The zero-order valence-electron chi connectivity index (χ0n) is 13.3. The summed E-state index contributed by atoms with van der Waals surface area (Å²) < 4.78 is 5.52. The summed E-state index contributed by atoms with van der Waals surface area (Å²) in [4.78, 5) is 2.68. The Balaban J connectivity index is 1.70. The van der Waals surface area contributed by atoms with Crippen molar-refractivity contribution in [1.29, 1.82) is 0 Å². The van der Waals surface area contributed by atoms with Crippen molar-refractivity contribution < 1.29 is 4.74 Å². The van der Waals surface area contributed by atoms with Crippen LogP contribution in [0.25, 0.3) is 0 Å². The number of ether oxygens (including phenoxy) is 1. The monoisotopic (exact) mass is 288 g/mol. The van der Waals surface area contributed by atoms with Crippen molar-refractivity contribution in [3.05, 3.63) is 35.9 Å². The number of hydrogen-bond acceptors (Lipinski definition) is 3. The predicted molar refractivity (Wildman–Crippen MR) is 86.4 cm³/mol. The summed E-state index contributed by atoms with van der Waals surface area (Å²) in [6.07, 6.45) is 2.43. The summed E-state index contributed by atoms with van der Waals surface area (Å²) in [7, 11) is 0. The first-order chi connectivity index (χ1) is 10.2. The van der Waals surface area contributed by atoms with Crippen LogP contribution in [0.1, 0.15) is 32.3 Å². The van der Waals surface area contributed by atoms with Crippen molar-refractivity contribution in [3.8, 4) is 0 Å². The molecule has 116 valence electrons. The molecule has 0 aliphatic carbocycles. The molecule has 2 fully saturated rings. The number of rotatable bonds is 3. The lowest BCUT2D eigenvalue weighted by Crippen LogP contribution is -2.59. The molecule has 21 heavy (non-hydrogen) atoms. The van der Waals surface area contributed by atoms with Crippen LogP contribution in [-0.2, 0) is 10.3 Å². The molecule has 0 radical (unpaired) electrons. The van der Waals surface area contributed by atoms with Gasteiger partial charge in [-0.2, -0.15) is 0 Å². The van der Waals surface area contributed by atoms with Crippen molar-refractivity contribution in [2.24, 2.45) is 5.92 Å². The zero-order valence-corrected chi connectivity index (χ0v) is 13.3. The van der Waals surface area contributed by atoms with Gasteiger partial charge in [-0.1, -0.05) is 30.3 Å². The highest BCUT2D eigenvalue weighted by atomic mass is 16.5. The largest absolute Gasteiger partial charge is 0.381 e. The number of hydrogen-bond donors (Lipinski definition) is 1. The highest BCUT2D eigenvalue weighted by Gasteiger charge is 2.36. The van der Waals surface area contributed by atoms with Gasteiger partial charge >= 0.3 is 0 Å². The average Bonchev–Trinajstić information content (AvgIpc) is 2.56. The normalized spacial score (nSPS) is 30.2. The van der Waals surface area contributed by atoms with E-state index in [-0.39, 0.29) is 5.54 Å². The van der Waals surface area contributed by atoms with E-state index in [9.17, 15) is 0 Å². The number of nitrogens with one attached hydrogen (secondary N) is 1. The van der Waals surface area contributed by atoms with Crippen molar-refractivity contribution in [2.75, 3.05) is 32.8 Å². The molecule has 2 unspecified atom stereocenters. The van der Waals surface area contributed by atoms with Gasteiger partial charge in [-0.25, -0.2) is 0 Å². The highest BCUT2D eigenvalue weighted by molar-refractivity contribution is 5.25. The Morgan fingerprint density at radius 1 is 1.24 bits per heavy atom. The van der Waals surface area contributed by atoms with Crippen molar-refractivity contribution in [1.82, 2.24) is 10.2 Å². The molecule has 0 bridgehead atoms. The summed E-state index contributed by atoms with van der Waals surface area (Å²) in [6.45, 7) is 9.95. The Morgan fingerprint density at radius 2 is 1.95 bits per heavy atom. The molecule has 1 aromatic carbocycles. The minimum atomic E-state index is 0.0684. The van der Waals surface area contributed by atoms with Crippen LogP contribution in [0, 0.1) is 5.92 Å². The second-order valence-corrected chi connectivity index (χ2v) is 6.79. The first kappa shape index (κ1) is 15.0. The summed E-state index contributed by atoms with van der Waals surface area (Å²) in [5, 5.41) is 3.73. The van der Waals surface area contributed by atoms with Crippen LogP contribution in [0.15, 0.2) is 30.3 Å². The van der Waals surface area contributed by atoms with Gasteiger partial charge in [-0.15, -0.1) is 0 Å². The van der Waals surface area contributed by atoms with Crippen molar-refractivity contribution >= 4 is 0 Å². The Labute approximate surface area is 128 Å². The van der Waals surface area contributed by atoms with Gasteiger partial charge < -0.3 is 10.1 Å². The molecule has 0 amide bonds. The van der Waals surface area contributed by atoms with Crippen LogP contribution in [0.4, 0.5) is 0 Å². The Hall–Kier alpha value is -0.900. The fraction of sp³-hybridized carbons (Fsp3) is 0.667. The molecule has 2 aliphatic heterocycles. The molecule has 2 heterocycles. The molecule has 1 N–H and O–H groups in total. The van der Waals surface area contributed by atoms with Crippen molar-refractivity contribution in [2.45, 2.75) is 38.3 Å².